The third-order valence-corrected chi connectivity index (χ3v) is 7.24. The van der Waals surface area contributed by atoms with Crippen molar-refractivity contribution in [1.29, 1.82) is 0 Å². The summed E-state index contributed by atoms with van der Waals surface area (Å²) < 4.78 is 6.74. The Morgan fingerprint density at radius 2 is 1.79 bits per heavy atom. The van der Waals surface area contributed by atoms with Gasteiger partial charge < -0.3 is 9.32 Å². The molecule has 0 spiro atoms. The van der Waals surface area contributed by atoms with Crippen molar-refractivity contribution in [3.63, 3.8) is 0 Å². The number of nitrogens with zero attached hydrogens (tertiary/aromatic N) is 3. The molecule has 204 valence electrons. The molecule has 2 heterocycles. The monoisotopic (exact) mass is 544 g/mol. The van der Waals surface area contributed by atoms with E-state index in [4.69, 9.17) is 21.6 Å². The van der Waals surface area contributed by atoms with Gasteiger partial charge in [-0.3, -0.25) is 14.3 Å². The van der Waals surface area contributed by atoms with E-state index in [0.29, 0.717) is 34.4 Å². The molecule has 0 aliphatic heterocycles. The van der Waals surface area contributed by atoms with E-state index in [-0.39, 0.29) is 5.56 Å². The Kier molecular flexibility index (Phi) is 8.97. The lowest BCUT2D eigenvalue weighted by Gasteiger charge is -2.24. The van der Waals surface area contributed by atoms with E-state index in [0.717, 1.165) is 53.9 Å². The molecule has 4 rings (SSSR count). The average molecular weight is 545 g/mol. The molecule has 0 saturated carbocycles. The minimum atomic E-state index is -0.486. The van der Waals surface area contributed by atoms with E-state index in [2.05, 4.69) is 25.8 Å². The molecule has 7 nitrogen and oxygen atoms in total. The second-order valence-electron chi connectivity index (χ2n) is 10.4. The van der Waals surface area contributed by atoms with Crippen LogP contribution in [0.1, 0.15) is 56.3 Å². The van der Waals surface area contributed by atoms with E-state index in [1.807, 2.05) is 67.4 Å². The third kappa shape index (κ3) is 6.45. The first-order chi connectivity index (χ1) is 18.7. The summed E-state index contributed by atoms with van der Waals surface area (Å²) in [7, 11) is 1.94. The number of thiocarbonyl (C=S) groups is 1. The standard InChI is InChI=1S/C31H36N4O3S/c1-6-7-12-27-32-21(4)28(30(39)34(5)17-20(2)3)29(36)35(27)18-22-13-15-23(16-14-22)24-10-8-9-11-25(24)26-19-38-31(37)33-26/h8-11,13-16,19-20H,6-7,12,17-18H2,1-5H3,(H,33,37). The van der Waals surface area contributed by atoms with Gasteiger partial charge >= 0.3 is 5.76 Å². The van der Waals surface area contributed by atoms with Gasteiger partial charge in [0.15, 0.2) is 0 Å². The number of hydrogen-bond acceptors (Lipinski definition) is 5. The Morgan fingerprint density at radius 1 is 1.10 bits per heavy atom. The second kappa shape index (κ2) is 12.4. The van der Waals surface area contributed by atoms with Gasteiger partial charge in [0.05, 0.1) is 23.5 Å². The predicted molar refractivity (Wildman–Crippen MR) is 160 cm³/mol. The van der Waals surface area contributed by atoms with Crippen LogP contribution >= 0.6 is 12.2 Å². The van der Waals surface area contributed by atoms with Crippen molar-refractivity contribution in [3.05, 3.63) is 98.3 Å². The molecule has 0 aliphatic rings. The van der Waals surface area contributed by atoms with Crippen molar-refractivity contribution in [3.8, 4) is 22.4 Å². The zero-order valence-electron chi connectivity index (χ0n) is 23.3. The van der Waals surface area contributed by atoms with E-state index in [9.17, 15) is 9.59 Å². The molecule has 0 fully saturated rings. The summed E-state index contributed by atoms with van der Waals surface area (Å²) in [4.78, 5) is 35.5. The van der Waals surface area contributed by atoms with Crippen LogP contribution in [0.3, 0.4) is 0 Å². The van der Waals surface area contributed by atoms with Gasteiger partial charge in [-0.05, 0) is 36.0 Å². The normalized spacial score (nSPS) is 11.2. The molecule has 4 aromatic rings. The van der Waals surface area contributed by atoms with E-state index < -0.39 is 5.76 Å². The average Bonchev–Trinajstić information content (AvgIpc) is 3.35. The van der Waals surface area contributed by atoms with Gasteiger partial charge in [0.1, 0.15) is 17.1 Å². The lowest BCUT2D eigenvalue weighted by Crippen LogP contribution is -2.38. The molecule has 8 heteroatoms. The summed E-state index contributed by atoms with van der Waals surface area (Å²) in [6.07, 6.45) is 4.14. The number of aromatic amines is 1. The number of aromatic nitrogens is 3. The minimum absolute atomic E-state index is 0.0902. The zero-order chi connectivity index (χ0) is 28.1. The summed E-state index contributed by atoms with van der Waals surface area (Å²) in [6, 6.07) is 16.0. The maximum Gasteiger partial charge on any atom is 0.416 e. The first-order valence-electron chi connectivity index (χ1n) is 13.4. The van der Waals surface area contributed by atoms with Crippen LogP contribution < -0.4 is 11.3 Å². The Hall–Kier alpha value is -3.78. The van der Waals surface area contributed by atoms with Crippen LogP contribution in [0.25, 0.3) is 22.4 Å². The molecule has 0 aliphatic carbocycles. The van der Waals surface area contributed by atoms with Crippen molar-refractivity contribution in [2.45, 2.75) is 53.5 Å². The van der Waals surface area contributed by atoms with E-state index >= 15 is 0 Å². The maximum atomic E-state index is 13.9. The summed E-state index contributed by atoms with van der Waals surface area (Å²) >= 11 is 5.76. The number of oxazole rings is 1. The van der Waals surface area contributed by atoms with Crippen LogP contribution in [-0.4, -0.2) is 38.0 Å². The minimum Gasteiger partial charge on any atom is -0.416 e. The molecule has 0 atom stereocenters. The molecule has 0 bridgehead atoms. The lowest BCUT2D eigenvalue weighted by atomic mass is 9.97. The van der Waals surface area contributed by atoms with Gasteiger partial charge in [0.25, 0.3) is 5.56 Å². The fraction of sp³-hybridized carbons (Fsp3) is 0.355. The van der Waals surface area contributed by atoms with Gasteiger partial charge in [-0.1, -0.05) is 87.9 Å². The van der Waals surface area contributed by atoms with Gasteiger partial charge in [0, 0.05) is 25.6 Å². The van der Waals surface area contributed by atoms with Crippen molar-refractivity contribution in [2.24, 2.45) is 5.92 Å². The van der Waals surface area contributed by atoms with E-state index in [1.165, 1.54) is 6.26 Å². The Bertz CT molecular complexity index is 1560. The number of aryl methyl sites for hydroxylation is 2. The van der Waals surface area contributed by atoms with Crippen molar-refractivity contribution < 1.29 is 4.42 Å². The van der Waals surface area contributed by atoms with Crippen LogP contribution in [0.4, 0.5) is 0 Å². The second-order valence-corrected chi connectivity index (χ2v) is 10.8. The number of unbranched alkanes of at least 4 members (excludes halogenated alkanes) is 1. The number of nitrogens with one attached hydrogen (secondary N) is 1. The molecule has 0 saturated heterocycles. The quantitative estimate of drug-likeness (QED) is 0.253. The zero-order valence-corrected chi connectivity index (χ0v) is 24.1. The smallest absolute Gasteiger partial charge is 0.416 e. The third-order valence-electron chi connectivity index (χ3n) is 6.73. The first-order valence-corrected chi connectivity index (χ1v) is 13.8. The van der Waals surface area contributed by atoms with Crippen LogP contribution in [-0.2, 0) is 13.0 Å². The lowest BCUT2D eigenvalue weighted by molar-refractivity contribution is 0.430. The Balaban J connectivity index is 1.69. The number of rotatable bonds is 10. The van der Waals surface area contributed by atoms with Crippen molar-refractivity contribution in [2.75, 3.05) is 13.6 Å². The molecular formula is C31H36N4O3S. The number of benzene rings is 2. The Labute approximate surface area is 234 Å². The van der Waals surface area contributed by atoms with Crippen LogP contribution in [0.15, 0.2) is 68.8 Å². The van der Waals surface area contributed by atoms with Crippen LogP contribution in [0.5, 0.6) is 0 Å². The molecule has 39 heavy (non-hydrogen) atoms. The molecule has 0 radical (unpaired) electrons. The summed E-state index contributed by atoms with van der Waals surface area (Å²) in [6.45, 7) is 9.46. The molecule has 0 unspecified atom stereocenters. The largest absolute Gasteiger partial charge is 0.416 e. The molecular weight excluding hydrogens is 508 g/mol. The fourth-order valence-electron chi connectivity index (χ4n) is 4.83. The van der Waals surface area contributed by atoms with Gasteiger partial charge in [0.2, 0.25) is 0 Å². The van der Waals surface area contributed by atoms with E-state index in [1.54, 1.807) is 4.57 Å². The van der Waals surface area contributed by atoms with Crippen LogP contribution in [0.2, 0.25) is 0 Å². The highest BCUT2D eigenvalue weighted by molar-refractivity contribution is 7.80. The topological polar surface area (TPSA) is 84.1 Å². The first kappa shape index (κ1) is 28.2. The van der Waals surface area contributed by atoms with Gasteiger partial charge in [-0.25, -0.2) is 9.78 Å². The highest BCUT2D eigenvalue weighted by atomic mass is 32.1. The Morgan fingerprint density at radius 3 is 2.41 bits per heavy atom. The molecule has 2 aromatic carbocycles. The summed E-state index contributed by atoms with van der Waals surface area (Å²) in [5.74, 6) is 0.723. The number of hydrogen-bond donors (Lipinski definition) is 1. The summed E-state index contributed by atoms with van der Waals surface area (Å²) in [5, 5.41) is 0. The predicted octanol–water partition coefficient (Wildman–Crippen LogP) is 5.82. The van der Waals surface area contributed by atoms with Gasteiger partial charge in [-0.15, -0.1) is 0 Å². The molecule has 0 amide bonds. The highest BCUT2D eigenvalue weighted by Gasteiger charge is 2.21. The fourth-order valence-corrected chi connectivity index (χ4v) is 5.14. The van der Waals surface area contributed by atoms with Crippen molar-refractivity contribution in [1.82, 2.24) is 19.4 Å². The molecule has 1 N–H and O–H groups in total. The maximum absolute atomic E-state index is 13.9. The molecule has 2 aromatic heterocycles. The van der Waals surface area contributed by atoms with Crippen LogP contribution in [0, 0.1) is 12.8 Å². The van der Waals surface area contributed by atoms with Gasteiger partial charge in [-0.2, -0.15) is 0 Å². The SMILES string of the molecule is CCCCc1nc(C)c(C(=S)N(C)CC(C)C)c(=O)n1Cc1ccc(-c2ccccc2-c2coc(=O)[nH]2)cc1. The number of H-pyrrole nitrogens is 1. The highest BCUT2D eigenvalue weighted by Crippen LogP contribution is 2.30. The van der Waals surface area contributed by atoms with Crippen molar-refractivity contribution >= 4 is 17.2 Å². The summed E-state index contributed by atoms with van der Waals surface area (Å²) in [5.41, 5.74) is 5.57.